The van der Waals surface area contributed by atoms with Gasteiger partial charge in [0, 0.05) is 19.3 Å². The number of ether oxygens (including phenoxy) is 3. The predicted molar refractivity (Wildman–Crippen MR) is 279 cm³/mol. The molecule has 0 spiro atoms. The number of hydrogen-bond donors (Lipinski definition) is 0. The van der Waals surface area contributed by atoms with Crippen molar-refractivity contribution in [1.29, 1.82) is 0 Å². The minimum absolute atomic E-state index is 0.0929. The Morgan fingerprint density at radius 2 is 0.600 bits per heavy atom. The van der Waals surface area contributed by atoms with Crippen LogP contribution in [0.15, 0.2) is 85.1 Å². The van der Waals surface area contributed by atoms with Gasteiger partial charge in [-0.2, -0.15) is 0 Å². The van der Waals surface area contributed by atoms with Crippen molar-refractivity contribution in [3.05, 3.63) is 85.1 Å². The summed E-state index contributed by atoms with van der Waals surface area (Å²) in [6, 6.07) is 0. The topological polar surface area (TPSA) is 78.9 Å². The van der Waals surface area contributed by atoms with E-state index >= 15 is 0 Å². The van der Waals surface area contributed by atoms with Crippen LogP contribution in [-0.2, 0) is 28.6 Å². The third-order valence-electron chi connectivity index (χ3n) is 11.6. The summed E-state index contributed by atoms with van der Waals surface area (Å²) in [5, 5.41) is 0. The SMILES string of the molecule is CC/C=C/C=C/C=C/C=C/CCCCCC(=O)OCC(COC(=O)CCCCCCCCCCCCCCCCCCCCC)OC(=O)CCCCCCCCC/C=C/C=C/C=C/CC. The number of carbonyl (C=O) groups is 3. The van der Waals surface area contributed by atoms with Crippen LogP contribution in [0, 0.1) is 0 Å². The first-order valence-electron chi connectivity index (χ1n) is 27.2. The molecule has 0 aromatic carbocycles. The van der Waals surface area contributed by atoms with Gasteiger partial charge in [-0.1, -0.05) is 260 Å². The van der Waals surface area contributed by atoms with Crippen molar-refractivity contribution in [2.45, 2.75) is 258 Å². The monoisotopic (exact) mass is 905 g/mol. The van der Waals surface area contributed by atoms with Crippen molar-refractivity contribution in [2.75, 3.05) is 13.2 Å². The summed E-state index contributed by atoms with van der Waals surface area (Å²) in [5.74, 6) is -0.942. The van der Waals surface area contributed by atoms with E-state index in [9.17, 15) is 14.4 Å². The molecule has 65 heavy (non-hydrogen) atoms. The molecule has 0 aliphatic heterocycles. The smallest absolute Gasteiger partial charge is 0.306 e. The maximum absolute atomic E-state index is 12.8. The predicted octanol–water partition coefficient (Wildman–Crippen LogP) is 18.0. The minimum atomic E-state index is -0.798. The van der Waals surface area contributed by atoms with Crippen LogP contribution in [0.3, 0.4) is 0 Å². The molecule has 0 bridgehead atoms. The molecule has 0 N–H and O–H groups in total. The zero-order valence-corrected chi connectivity index (χ0v) is 42.5. The van der Waals surface area contributed by atoms with Gasteiger partial charge in [-0.15, -0.1) is 0 Å². The Bertz CT molecular complexity index is 1270. The number of carbonyl (C=O) groups excluding carboxylic acids is 3. The Morgan fingerprint density at radius 3 is 0.954 bits per heavy atom. The molecule has 0 aliphatic carbocycles. The lowest BCUT2D eigenvalue weighted by molar-refractivity contribution is -0.167. The van der Waals surface area contributed by atoms with Crippen molar-refractivity contribution in [2.24, 2.45) is 0 Å². The van der Waals surface area contributed by atoms with E-state index in [1.54, 1.807) is 0 Å². The van der Waals surface area contributed by atoms with Gasteiger partial charge in [0.25, 0.3) is 0 Å². The van der Waals surface area contributed by atoms with Crippen LogP contribution in [0.25, 0.3) is 0 Å². The molecule has 0 aromatic rings. The number of esters is 3. The highest BCUT2D eigenvalue weighted by atomic mass is 16.6. The molecule has 0 radical (unpaired) electrons. The van der Waals surface area contributed by atoms with Gasteiger partial charge in [0.1, 0.15) is 13.2 Å². The lowest BCUT2D eigenvalue weighted by Gasteiger charge is -2.18. The van der Waals surface area contributed by atoms with Gasteiger partial charge in [-0.3, -0.25) is 14.4 Å². The fourth-order valence-corrected chi connectivity index (χ4v) is 7.51. The Balaban J connectivity index is 4.39. The Morgan fingerprint density at radius 1 is 0.323 bits per heavy atom. The van der Waals surface area contributed by atoms with E-state index in [4.69, 9.17) is 14.2 Å². The van der Waals surface area contributed by atoms with E-state index in [0.717, 1.165) is 89.9 Å². The lowest BCUT2D eigenvalue weighted by atomic mass is 10.0. The molecule has 6 heteroatoms. The molecule has 0 aliphatic rings. The maximum Gasteiger partial charge on any atom is 0.306 e. The summed E-state index contributed by atoms with van der Waals surface area (Å²) in [6.07, 6.45) is 68.6. The van der Waals surface area contributed by atoms with Gasteiger partial charge >= 0.3 is 17.9 Å². The average Bonchev–Trinajstić information content (AvgIpc) is 3.30. The number of allylic oxidation sites excluding steroid dienone is 14. The Hall–Kier alpha value is -3.41. The van der Waals surface area contributed by atoms with Crippen LogP contribution in [0.2, 0.25) is 0 Å². The Labute approximate surface area is 401 Å². The second-order valence-electron chi connectivity index (χ2n) is 17.9. The van der Waals surface area contributed by atoms with Crippen molar-refractivity contribution in [1.82, 2.24) is 0 Å². The molecule has 0 saturated carbocycles. The van der Waals surface area contributed by atoms with Crippen LogP contribution in [0.1, 0.15) is 252 Å². The van der Waals surface area contributed by atoms with Gasteiger partial charge in [-0.25, -0.2) is 0 Å². The van der Waals surface area contributed by atoms with Gasteiger partial charge < -0.3 is 14.2 Å². The van der Waals surface area contributed by atoms with Gasteiger partial charge in [0.15, 0.2) is 6.10 Å². The zero-order valence-electron chi connectivity index (χ0n) is 42.5. The van der Waals surface area contributed by atoms with Crippen LogP contribution in [0.5, 0.6) is 0 Å². The summed E-state index contributed by atoms with van der Waals surface area (Å²) in [6.45, 7) is 6.34. The molecule has 0 heterocycles. The fourth-order valence-electron chi connectivity index (χ4n) is 7.51. The van der Waals surface area contributed by atoms with Gasteiger partial charge in [0.2, 0.25) is 0 Å². The summed E-state index contributed by atoms with van der Waals surface area (Å²) >= 11 is 0. The van der Waals surface area contributed by atoms with E-state index in [0.29, 0.717) is 19.3 Å². The van der Waals surface area contributed by atoms with E-state index in [1.807, 2.05) is 36.5 Å². The molecule has 0 fully saturated rings. The van der Waals surface area contributed by atoms with Crippen molar-refractivity contribution >= 4 is 17.9 Å². The van der Waals surface area contributed by atoms with Crippen molar-refractivity contribution in [3.63, 3.8) is 0 Å². The van der Waals surface area contributed by atoms with Crippen molar-refractivity contribution < 1.29 is 28.6 Å². The molecule has 0 amide bonds. The summed E-state index contributed by atoms with van der Waals surface area (Å²) in [5.41, 5.74) is 0. The second-order valence-corrected chi connectivity index (χ2v) is 17.9. The minimum Gasteiger partial charge on any atom is -0.462 e. The number of hydrogen-bond acceptors (Lipinski definition) is 6. The second kappa shape index (κ2) is 53.2. The quantitative estimate of drug-likeness (QED) is 0.0262. The van der Waals surface area contributed by atoms with Crippen LogP contribution in [0.4, 0.5) is 0 Å². The molecular weight excluding hydrogens is 805 g/mol. The molecule has 6 nitrogen and oxygen atoms in total. The van der Waals surface area contributed by atoms with Crippen LogP contribution in [-0.4, -0.2) is 37.2 Å². The third kappa shape index (κ3) is 51.4. The standard InChI is InChI=1S/C59H100O6/c1-4-7-10-13-16-19-22-25-27-28-29-30-32-34-37-40-43-46-49-52-58(61)64-55-56(54-63-57(60)51-48-45-42-39-36-33-24-21-18-15-12-9-6-3)65-59(62)53-50-47-44-41-38-35-31-26-23-20-17-14-11-8-5-2/h8-9,11-12,14-15,17-18,20-21,23-24,33,36,56H,4-7,10,13,16,19,22,25-32,34-35,37-55H2,1-3H3/b11-8+,12-9+,17-14+,18-15+,23-20+,24-21+,36-33+. The van der Waals surface area contributed by atoms with Crippen molar-refractivity contribution in [3.8, 4) is 0 Å². The van der Waals surface area contributed by atoms with Crippen LogP contribution >= 0.6 is 0 Å². The first-order valence-corrected chi connectivity index (χ1v) is 27.2. The highest BCUT2D eigenvalue weighted by Crippen LogP contribution is 2.16. The van der Waals surface area contributed by atoms with E-state index in [1.165, 1.54) is 122 Å². The average molecular weight is 905 g/mol. The summed E-state index contributed by atoms with van der Waals surface area (Å²) < 4.78 is 16.8. The van der Waals surface area contributed by atoms with Gasteiger partial charge in [-0.05, 0) is 57.8 Å². The first-order chi connectivity index (χ1) is 32.0. The number of unbranched alkanes of at least 4 members (excludes halogenated alkanes) is 28. The largest absolute Gasteiger partial charge is 0.462 e. The molecule has 372 valence electrons. The first kappa shape index (κ1) is 61.6. The molecule has 0 rings (SSSR count). The molecular formula is C59H100O6. The van der Waals surface area contributed by atoms with Gasteiger partial charge in [0.05, 0.1) is 0 Å². The normalized spacial score (nSPS) is 12.7. The molecule has 1 atom stereocenters. The number of rotatable bonds is 48. The molecule has 1 unspecified atom stereocenters. The molecule has 0 saturated heterocycles. The van der Waals surface area contributed by atoms with E-state index in [-0.39, 0.29) is 31.1 Å². The van der Waals surface area contributed by atoms with Crippen LogP contribution < -0.4 is 0 Å². The molecule has 0 aromatic heterocycles. The third-order valence-corrected chi connectivity index (χ3v) is 11.6. The lowest BCUT2D eigenvalue weighted by Crippen LogP contribution is -2.30. The summed E-state index contributed by atoms with van der Waals surface area (Å²) in [7, 11) is 0. The van der Waals surface area contributed by atoms with E-state index in [2.05, 4.69) is 69.4 Å². The Kier molecular flexibility index (Phi) is 50.4. The highest BCUT2D eigenvalue weighted by Gasteiger charge is 2.19. The van der Waals surface area contributed by atoms with E-state index < -0.39 is 6.10 Å². The highest BCUT2D eigenvalue weighted by molar-refractivity contribution is 5.71. The summed E-state index contributed by atoms with van der Waals surface area (Å²) in [4.78, 5) is 38.0. The zero-order chi connectivity index (χ0) is 47.2. The fraction of sp³-hybridized carbons (Fsp3) is 0.712. The maximum atomic E-state index is 12.8.